The van der Waals surface area contributed by atoms with E-state index < -0.39 is 0 Å². The molecule has 2 heterocycles. The summed E-state index contributed by atoms with van der Waals surface area (Å²) in [4.78, 5) is 20.8. The Kier molecular flexibility index (Phi) is 6.57. The Hall–Kier alpha value is -2.44. The van der Waals surface area contributed by atoms with Gasteiger partial charge in [0.15, 0.2) is 0 Å². The molecule has 0 spiro atoms. The topological polar surface area (TPSA) is 57.7 Å². The summed E-state index contributed by atoms with van der Waals surface area (Å²) in [6.07, 6.45) is 2.63. The second-order valence-corrected chi connectivity index (χ2v) is 6.50. The van der Waals surface area contributed by atoms with Crippen LogP contribution in [0.3, 0.4) is 0 Å². The molecule has 1 aliphatic rings. The van der Waals surface area contributed by atoms with Crippen molar-refractivity contribution in [3.05, 3.63) is 54.4 Å². The molecule has 0 saturated carbocycles. The van der Waals surface area contributed by atoms with E-state index in [0.717, 1.165) is 50.7 Å². The first-order valence-corrected chi connectivity index (χ1v) is 9.02. The molecule has 0 aliphatic carbocycles. The molecule has 6 nitrogen and oxygen atoms in total. The number of ether oxygens (including phenoxy) is 1. The van der Waals surface area contributed by atoms with Crippen LogP contribution in [0.5, 0.6) is 0 Å². The van der Waals surface area contributed by atoms with Crippen LogP contribution in [0.2, 0.25) is 0 Å². The van der Waals surface area contributed by atoms with Crippen molar-refractivity contribution in [1.29, 1.82) is 0 Å². The van der Waals surface area contributed by atoms with Crippen LogP contribution < -0.4 is 10.2 Å². The third-order valence-electron chi connectivity index (χ3n) is 4.42. The van der Waals surface area contributed by atoms with Crippen LogP contribution in [0.15, 0.2) is 48.7 Å². The molecule has 0 unspecified atom stereocenters. The van der Waals surface area contributed by atoms with Gasteiger partial charge in [0.2, 0.25) is 5.91 Å². The third-order valence-corrected chi connectivity index (χ3v) is 4.42. The van der Waals surface area contributed by atoms with Crippen molar-refractivity contribution in [1.82, 2.24) is 9.88 Å². The number of carbonyl (C=O) groups is 1. The molecule has 0 radical (unpaired) electrons. The Bertz CT molecular complexity index is 685. The third kappa shape index (κ3) is 5.54. The lowest BCUT2D eigenvalue weighted by Gasteiger charge is -2.28. The van der Waals surface area contributed by atoms with Gasteiger partial charge >= 0.3 is 0 Å². The van der Waals surface area contributed by atoms with Crippen molar-refractivity contribution < 1.29 is 9.53 Å². The smallest absolute Gasteiger partial charge is 0.238 e. The van der Waals surface area contributed by atoms with Gasteiger partial charge in [-0.25, -0.2) is 0 Å². The van der Waals surface area contributed by atoms with E-state index in [2.05, 4.69) is 15.2 Å². The highest BCUT2D eigenvalue weighted by atomic mass is 16.5. The zero-order valence-electron chi connectivity index (χ0n) is 15.2. The number of pyridine rings is 1. The molecule has 26 heavy (non-hydrogen) atoms. The minimum Gasteiger partial charge on any atom is -0.378 e. The van der Waals surface area contributed by atoms with Gasteiger partial charge in [-0.1, -0.05) is 6.07 Å². The van der Waals surface area contributed by atoms with E-state index in [9.17, 15) is 4.79 Å². The first kappa shape index (κ1) is 18.4. The lowest BCUT2D eigenvalue weighted by Crippen LogP contribution is -2.36. The number of aromatic nitrogens is 1. The molecule has 138 valence electrons. The van der Waals surface area contributed by atoms with E-state index in [4.69, 9.17) is 4.74 Å². The number of rotatable bonds is 7. The van der Waals surface area contributed by atoms with Gasteiger partial charge in [0.05, 0.1) is 19.8 Å². The van der Waals surface area contributed by atoms with Gasteiger partial charge < -0.3 is 15.0 Å². The standard InChI is InChI=1S/C20H26N4O2/c1-23(11-9-17-4-2-3-10-21-17)16-20(25)22-18-5-7-19(8-6-18)24-12-14-26-15-13-24/h2-8,10H,9,11-16H2,1H3,(H,22,25). The summed E-state index contributed by atoms with van der Waals surface area (Å²) < 4.78 is 5.38. The minimum absolute atomic E-state index is 0.00681. The number of hydrogen-bond donors (Lipinski definition) is 1. The van der Waals surface area contributed by atoms with Gasteiger partial charge in [0.1, 0.15) is 0 Å². The monoisotopic (exact) mass is 354 g/mol. The highest BCUT2D eigenvalue weighted by Crippen LogP contribution is 2.19. The zero-order chi connectivity index (χ0) is 18.2. The maximum Gasteiger partial charge on any atom is 0.238 e. The SMILES string of the molecule is CN(CCc1ccccn1)CC(=O)Nc1ccc(N2CCOCC2)cc1. The maximum absolute atomic E-state index is 12.2. The van der Waals surface area contributed by atoms with Crippen molar-refractivity contribution in [2.75, 3.05) is 56.7 Å². The number of nitrogens with zero attached hydrogens (tertiary/aromatic N) is 3. The normalized spacial score (nSPS) is 14.5. The number of morpholine rings is 1. The predicted octanol–water partition coefficient (Wildman–Crippen LogP) is 2.03. The quantitative estimate of drug-likeness (QED) is 0.824. The number of benzene rings is 1. The summed E-state index contributed by atoms with van der Waals surface area (Å²) in [5.74, 6) is -0.00681. The van der Waals surface area contributed by atoms with Crippen LogP contribution in [-0.4, -0.2) is 62.2 Å². The van der Waals surface area contributed by atoms with Crippen molar-refractivity contribution in [2.45, 2.75) is 6.42 Å². The fourth-order valence-corrected chi connectivity index (χ4v) is 2.95. The second-order valence-electron chi connectivity index (χ2n) is 6.50. The second kappa shape index (κ2) is 9.31. The summed E-state index contributed by atoms with van der Waals surface area (Å²) in [7, 11) is 1.95. The Balaban J connectivity index is 1.43. The van der Waals surface area contributed by atoms with Crippen LogP contribution in [0, 0.1) is 0 Å². The fourth-order valence-electron chi connectivity index (χ4n) is 2.95. The van der Waals surface area contributed by atoms with E-state index in [1.807, 2.05) is 54.4 Å². The van der Waals surface area contributed by atoms with E-state index >= 15 is 0 Å². The Labute approximate surface area is 154 Å². The highest BCUT2D eigenvalue weighted by molar-refractivity contribution is 5.92. The van der Waals surface area contributed by atoms with Crippen LogP contribution >= 0.6 is 0 Å². The molecule has 6 heteroatoms. The van der Waals surface area contributed by atoms with E-state index in [1.54, 1.807) is 6.20 Å². The largest absolute Gasteiger partial charge is 0.378 e. The zero-order valence-corrected chi connectivity index (χ0v) is 15.2. The minimum atomic E-state index is -0.00681. The summed E-state index contributed by atoms with van der Waals surface area (Å²) in [5.41, 5.74) is 3.03. The molecule has 2 aromatic rings. The summed E-state index contributed by atoms with van der Waals surface area (Å²) in [6, 6.07) is 13.9. The molecule has 1 aromatic heterocycles. The fraction of sp³-hybridized carbons (Fsp3) is 0.400. The van der Waals surface area contributed by atoms with Gasteiger partial charge in [0, 0.05) is 49.3 Å². The van der Waals surface area contributed by atoms with E-state index in [1.165, 1.54) is 5.69 Å². The Morgan fingerprint density at radius 3 is 2.65 bits per heavy atom. The Morgan fingerprint density at radius 1 is 1.19 bits per heavy atom. The summed E-state index contributed by atoms with van der Waals surface area (Å²) in [6.45, 7) is 4.50. The van der Waals surface area contributed by atoms with Crippen LogP contribution in [0.1, 0.15) is 5.69 Å². The molecule has 1 saturated heterocycles. The van der Waals surface area contributed by atoms with E-state index in [-0.39, 0.29) is 5.91 Å². The first-order valence-electron chi connectivity index (χ1n) is 9.02. The van der Waals surface area contributed by atoms with Gasteiger partial charge in [-0.15, -0.1) is 0 Å². The lowest BCUT2D eigenvalue weighted by molar-refractivity contribution is -0.117. The average Bonchev–Trinajstić information content (AvgIpc) is 2.68. The molecule has 1 N–H and O–H groups in total. The molecule has 0 bridgehead atoms. The molecule has 1 aliphatic heterocycles. The first-order chi connectivity index (χ1) is 12.7. The molecule has 1 fully saturated rings. The number of anilines is 2. The van der Waals surface area contributed by atoms with Gasteiger partial charge in [-0.05, 0) is 43.4 Å². The van der Waals surface area contributed by atoms with Crippen molar-refractivity contribution in [3.63, 3.8) is 0 Å². The number of amides is 1. The molecule has 3 rings (SSSR count). The number of nitrogens with one attached hydrogen (secondary N) is 1. The number of likely N-dealkylation sites (N-methyl/N-ethyl adjacent to an activating group) is 1. The summed E-state index contributed by atoms with van der Waals surface area (Å²) in [5, 5.41) is 2.96. The predicted molar refractivity (Wildman–Crippen MR) is 104 cm³/mol. The van der Waals surface area contributed by atoms with Crippen LogP contribution in [-0.2, 0) is 16.0 Å². The molecule has 1 amide bonds. The van der Waals surface area contributed by atoms with Crippen molar-refractivity contribution >= 4 is 17.3 Å². The number of hydrogen-bond acceptors (Lipinski definition) is 5. The van der Waals surface area contributed by atoms with Gasteiger partial charge in [-0.2, -0.15) is 0 Å². The maximum atomic E-state index is 12.2. The summed E-state index contributed by atoms with van der Waals surface area (Å²) >= 11 is 0. The van der Waals surface area contributed by atoms with Crippen molar-refractivity contribution in [3.8, 4) is 0 Å². The Morgan fingerprint density at radius 2 is 1.96 bits per heavy atom. The van der Waals surface area contributed by atoms with Gasteiger partial charge in [0.25, 0.3) is 0 Å². The molecular formula is C20H26N4O2. The molecule has 1 aromatic carbocycles. The van der Waals surface area contributed by atoms with Gasteiger partial charge in [-0.3, -0.25) is 14.7 Å². The van der Waals surface area contributed by atoms with Crippen LogP contribution in [0.25, 0.3) is 0 Å². The highest BCUT2D eigenvalue weighted by Gasteiger charge is 2.11. The molecular weight excluding hydrogens is 328 g/mol. The lowest BCUT2D eigenvalue weighted by atomic mass is 10.2. The van der Waals surface area contributed by atoms with Crippen LogP contribution in [0.4, 0.5) is 11.4 Å². The number of carbonyl (C=O) groups excluding carboxylic acids is 1. The average molecular weight is 354 g/mol. The van der Waals surface area contributed by atoms with E-state index in [0.29, 0.717) is 6.54 Å². The van der Waals surface area contributed by atoms with Crippen molar-refractivity contribution in [2.24, 2.45) is 0 Å². The molecule has 0 atom stereocenters.